The van der Waals surface area contributed by atoms with E-state index in [1.165, 1.54) is 44.9 Å². The van der Waals surface area contributed by atoms with Crippen LogP contribution < -0.4 is 39.4 Å². The number of benzene rings is 2. The summed E-state index contributed by atoms with van der Waals surface area (Å²) in [6.45, 7) is 13.6. The molecule has 2 aromatic rings. The molecule has 1 aliphatic heterocycles. The Balaban J connectivity index is 0.00000408. The second-order valence-corrected chi connectivity index (χ2v) is 11.3. The van der Waals surface area contributed by atoms with E-state index < -0.39 is 0 Å². The molecule has 0 fully saturated rings. The summed E-state index contributed by atoms with van der Waals surface area (Å²) in [5.41, 5.74) is 1.43. The van der Waals surface area contributed by atoms with Crippen LogP contribution in [0, 0.1) is 24.7 Å². The van der Waals surface area contributed by atoms with Crippen molar-refractivity contribution in [2.75, 3.05) is 0 Å². The van der Waals surface area contributed by atoms with Crippen LogP contribution in [0.5, 0.6) is 11.5 Å². The van der Waals surface area contributed by atoms with Gasteiger partial charge in [-0.3, -0.25) is 0 Å². The van der Waals surface area contributed by atoms with Crippen LogP contribution in [0.1, 0.15) is 104 Å². The molecule has 2 nitrogen and oxygen atoms in total. The Labute approximate surface area is 230 Å². The average Bonchev–Trinajstić information content (AvgIpc) is 2.77. The summed E-state index contributed by atoms with van der Waals surface area (Å²) in [4.78, 5) is 0. The molecule has 3 rings (SSSR count). The van der Waals surface area contributed by atoms with Crippen LogP contribution in [-0.4, -0.2) is 5.60 Å². The van der Waals surface area contributed by atoms with E-state index >= 15 is 0 Å². The maximum atomic E-state index is 12.7. The van der Waals surface area contributed by atoms with Crippen molar-refractivity contribution in [2.45, 2.75) is 105 Å². The van der Waals surface area contributed by atoms with E-state index in [1.54, 1.807) is 0 Å². The molecule has 0 saturated heterocycles. The van der Waals surface area contributed by atoms with Crippen LogP contribution in [0.3, 0.4) is 0 Å². The Kier molecular flexibility index (Phi) is 11.5. The van der Waals surface area contributed by atoms with E-state index in [1.807, 2.05) is 31.2 Å². The standard InChI is InChI=1S/C31H46O2.Na/c1-22(2)12-9-13-23(3)14-10-15-24(4)16-11-20-31(6)21-19-26-25(5)29(32)27-17-7-8-18-28(27)30(26)33-31;/h7-8,17-19,21-24,32H,9-16,20H2,1-6H3;/q;+1/p-1/t23-,24-,31?;/m1./s1. The van der Waals surface area contributed by atoms with Crippen molar-refractivity contribution in [1.82, 2.24) is 0 Å². The van der Waals surface area contributed by atoms with Gasteiger partial charge in [0.2, 0.25) is 0 Å². The molecule has 0 spiro atoms. The molecular formula is C31H45NaO2. The smallest absolute Gasteiger partial charge is 0.872 e. The Hall–Kier alpha value is -0.960. The Morgan fingerprint density at radius 3 is 2.03 bits per heavy atom. The molecule has 1 unspecified atom stereocenters. The molecule has 182 valence electrons. The predicted molar refractivity (Wildman–Crippen MR) is 141 cm³/mol. The van der Waals surface area contributed by atoms with Crippen molar-refractivity contribution in [2.24, 2.45) is 17.8 Å². The maximum Gasteiger partial charge on any atom is 1.00 e. The van der Waals surface area contributed by atoms with Gasteiger partial charge in [-0.1, -0.05) is 109 Å². The van der Waals surface area contributed by atoms with Crippen LogP contribution in [0.15, 0.2) is 30.3 Å². The van der Waals surface area contributed by atoms with Crippen molar-refractivity contribution in [3.8, 4) is 11.5 Å². The van der Waals surface area contributed by atoms with Gasteiger partial charge in [0.1, 0.15) is 11.4 Å². The van der Waals surface area contributed by atoms with Gasteiger partial charge >= 0.3 is 29.6 Å². The van der Waals surface area contributed by atoms with Crippen molar-refractivity contribution >= 4 is 16.8 Å². The minimum Gasteiger partial charge on any atom is -0.872 e. The normalized spacial score (nSPS) is 18.9. The molecule has 1 heterocycles. The van der Waals surface area contributed by atoms with Gasteiger partial charge in [-0.2, -0.15) is 0 Å². The van der Waals surface area contributed by atoms with Gasteiger partial charge in [0, 0.05) is 10.9 Å². The molecule has 0 aliphatic carbocycles. The second-order valence-electron chi connectivity index (χ2n) is 11.3. The summed E-state index contributed by atoms with van der Waals surface area (Å²) in [7, 11) is 0. The largest absolute Gasteiger partial charge is 1.00 e. The summed E-state index contributed by atoms with van der Waals surface area (Å²) >= 11 is 0. The van der Waals surface area contributed by atoms with Gasteiger partial charge < -0.3 is 9.84 Å². The van der Waals surface area contributed by atoms with Crippen LogP contribution >= 0.6 is 0 Å². The zero-order valence-corrected chi connectivity index (χ0v) is 24.9. The number of ether oxygens (including phenoxy) is 1. The monoisotopic (exact) mass is 472 g/mol. The third-order valence-electron chi connectivity index (χ3n) is 7.59. The molecule has 0 bridgehead atoms. The van der Waals surface area contributed by atoms with Crippen molar-refractivity contribution in [3.63, 3.8) is 0 Å². The fourth-order valence-corrected chi connectivity index (χ4v) is 5.27. The topological polar surface area (TPSA) is 32.3 Å². The summed E-state index contributed by atoms with van der Waals surface area (Å²) < 4.78 is 6.59. The number of fused-ring (bicyclic) bond motifs is 3. The Morgan fingerprint density at radius 1 is 0.853 bits per heavy atom. The molecule has 0 N–H and O–H groups in total. The van der Waals surface area contributed by atoms with Crippen LogP contribution in [-0.2, 0) is 0 Å². The van der Waals surface area contributed by atoms with E-state index in [2.05, 4.69) is 46.8 Å². The SMILES string of the molecule is Cc1c2c(c3ccccc3c1[O-])OC(C)(CCC[C@H](C)CCC[C@H](C)CCCC(C)C)C=C2.[Na+]. The fourth-order valence-electron chi connectivity index (χ4n) is 5.27. The summed E-state index contributed by atoms with van der Waals surface area (Å²) in [6, 6.07) is 7.85. The first-order valence-electron chi connectivity index (χ1n) is 13.3. The van der Waals surface area contributed by atoms with Gasteiger partial charge in [0.15, 0.2) is 0 Å². The van der Waals surface area contributed by atoms with Gasteiger partial charge in [-0.25, -0.2) is 0 Å². The Morgan fingerprint density at radius 2 is 1.41 bits per heavy atom. The Bertz CT molecular complexity index is 948. The van der Waals surface area contributed by atoms with E-state index in [4.69, 9.17) is 4.74 Å². The molecule has 3 heteroatoms. The predicted octanol–water partition coefficient (Wildman–Crippen LogP) is 5.83. The molecule has 2 aromatic carbocycles. The zero-order chi connectivity index (χ0) is 24.0. The van der Waals surface area contributed by atoms with Crippen molar-refractivity contribution in [1.29, 1.82) is 0 Å². The quantitative estimate of drug-likeness (QED) is 0.364. The van der Waals surface area contributed by atoms with Gasteiger partial charge in [-0.15, -0.1) is 0 Å². The minimum atomic E-state index is -0.308. The number of hydrogen-bond donors (Lipinski definition) is 0. The van der Waals surface area contributed by atoms with E-state index in [9.17, 15) is 5.11 Å². The van der Waals surface area contributed by atoms with Gasteiger partial charge in [-0.05, 0) is 61.5 Å². The molecule has 1 aliphatic rings. The maximum absolute atomic E-state index is 12.7. The minimum absolute atomic E-state index is 0. The molecular weight excluding hydrogens is 427 g/mol. The van der Waals surface area contributed by atoms with Gasteiger partial charge in [0.05, 0.1) is 0 Å². The van der Waals surface area contributed by atoms with Crippen LogP contribution in [0.25, 0.3) is 16.8 Å². The zero-order valence-electron chi connectivity index (χ0n) is 22.9. The summed E-state index contributed by atoms with van der Waals surface area (Å²) in [6.07, 6.45) is 15.9. The molecule has 0 saturated carbocycles. The van der Waals surface area contributed by atoms with Crippen LogP contribution in [0.2, 0.25) is 0 Å². The first-order valence-corrected chi connectivity index (χ1v) is 13.3. The summed E-state index contributed by atoms with van der Waals surface area (Å²) in [5, 5.41) is 14.4. The third-order valence-corrected chi connectivity index (χ3v) is 7.59. The average molecular weight is 473 g/mol. The summed E-state index contributed by atoms with van der Waals surface area (Å²) in [5.74, 6) is 3.46. The second kappa shape index (κ2) is 13.4. The number of hydrogen-bond acceptors (Lipinski definition) is 2. The van der Waals surface area contributed by atoms with Crippen LogP contribution in [0.4, 0.5) is 0 Å². The fraction of sp³-hybridized carbons (Fsp3) is 0.613. The first-order chi connectivity index (χ1) is 15.7. The van der Waals surface area contributed by atoms with E-state index in [0.29, 0.717) is 0 Å². The molecule has 0 radical (unpaired) electrons. The molecule has 0 aromatic heterocycles. The number of rotatable bonds is 12. The molecule has 3 atom stereocenters. The van der Waals surface area contributed by atoms with Crippen molar-refractivity contribution in [3.05, 3.63) is 41.5 Å². The van der Waals surface area contributed by atoms with E-state index in [-0.39, 0.29) is 40.9 Å². The molecule has 34 heavy (non-hydrogen) atoms. The van der Waals surface area contributed by atoms with Crippen molar-refractivity contribution < 1.29 is 39.4 Å². The molecule has 0 amide bonds. The third kappa shape index (κ3) is 7.77. The van der Waals surface area contributed by atoms with E-state index in [0.717, 1.165) is 58.2 Å². The van der Waals surface area contributed by atoms with Gasteiger partial charge in [0.25, 0.3) is 0 Å². The first kappa shape index (κ1) is 29.3.